The summed E-state index contributed by atoms with van der Waals surface area (Å²) >= 11 is 0. The van der Waals surface area contributed by atoms with Crippen molar-refractivity contribution in [3.63, 3.8) is 0 Å². The molecule has 1 aliphatic heterocycles. The van der Waals surface area contributed by atoms with E-state index >= 15 is 0 Å². The number of hydrogen-bond donors (Lipinski definition) is 1. The van der Waals surface area contributed by atoms with Gasteiger partial charge < -0.3 is 19.7 Å². The maximum absolute atomic E-state index is 12.8. The maximum atomic E-state index is 12.8. The van der Waals surface area contributed by atoms with Crippen molar-refractivity contribution in [2.75, 3.05) is 31.2 Å². The number of pyridine rings is 2. The Labute approximate surface area is 224 Å². The fourth-order valence-electron chi connectivity index (χ4n) is 4.68. The zero-order valence-electron chi connectivity index (χ0n) is 21.3. The highest BCUT2D eigenvalue weighted by Gasteiger charge is 2.30. The molecule has 0 unspecified atom stereocenters. The van der Waals surface area contributed by atoms with Gasteiger partial charge in [-0.15, -0.1) is 0 Å². The predicted octanol–water partition coefficient (Wildman–Crippen LogP) is 5.88. The lowest BCUT2D eigenvalue weighted by Crippen LogP contribution is -2.37. The van der Waals surface area contributed by atoms with E-state index in [0.29, 0.717) is 24.5 Å². The molecule has 0 atom stereocenters. The van der Waals surface area contributed by atoms with Gasteiger partial charge in [-0.25, -0.2) is 9.97 Å². The molecule has 2 fully saturated rings. The second-order valence-electron chi connectivity index (χ2n) is 9.61. The number of nitrogens with one attached hydrogen (secondary N) is 1. The van der Waals surface area contributed by atoms with Gasteiger partial charge in [0.25, 0.3) is 5.91 Å². The van der Waals surface area contributed by atoms with E-state index in [2.05, 4.69) is 26.3 Å². The van der Waals surface area contributed by atoms with E-state index in [1.165, 1.54) is 11.6 Å². The molecule has 10 heteroatoms. The molecular formula is C29H29F3N4O3. The van der Waals surface area contributed by atoms with E-state index in [0.717, 1.165) is 62.4 Å². The summed E-state index contributed by atoms with van der Waals surface area (Å²) in [7, 11) is 0. The number of rotatable bonds is 6. The number of anilines is 1. The number of carbonyl (C=O) groups is 1. The Bertz CT molecular complexity index is 1290. The molecule has 5 rings (SSSR count). The van der Waals surface area contributed by atoms with Crippen molar-refractivity contribution < 1.29 is 27.4 Å². The zero-order chi connectivity index (χ0) is 27.2. The van der Waals surface area contributed by atoms with Gasteiger partial charge in [0.2, 0.25) is 5.88 Å². The van der Waals surface area contributed by atoms with Crippen LogP contribution < -0.4 is 15.0 Å². The highest BCUT2D eigenvalue weighted by atomic mass is 19.4. The first kappa shape index (κ1) is 26.7. The van der Waals surface area contributed by atoms with Crippen molar-refractivity contribution in [3.8, 4) is 11.6 Å². The SMILES string of the molecule is O=C(NC1CCC(=Cc2cccc(Oc3ccc(C(F)(F)F)cn3)c2)CC1)c1ccc(N2CCOCC2)nc1. The third kappa shape index (κ3) is 7.14. The fourth-order valence-corrected chi connectivity index (χ4v) is 4.68. The van der Waals surface area contributed by atoms with Gasteiger partial charge in [0, 0.05) is 37.6 Å². The second-order valence-corrected chi connectivity index (χ2v) is 9.61. The normalized spacial score (nSPS) is 18.0. The monoisotopic (exact) mass is 538 g/mol. The summed E-state index contributed by atoms with van der Waals surface area (Å²) < 4.78 is 49.3. The Kier molecular flexibility index (Phi) is 8.11. The number of amides is 1. The van der Waals surface area contributed by atoms with Gasteiger partial charge in [-0.3, -0.25) is 4.79 Å². The Morgan fingerprint density at radius 3 is 2.49 bits per heavy atom. The molecule has 204 valence electrons. The summed E-state index contributed by atoms with van der Waals surface area (Å²) in [4.78, 5) is 23.1. The number of aromatic nitrogens is 2. The standard InChI is InChI=1S/C29H29F3N4O3/c30-29(31,32)23-7-11-27(34-19-23)39-25-3-1-2-21(17-25)16-20-4-8-24(9-5-20)35-28(37)22-6-10-26(33-18-22)36-12-14-38-15-13-36/h1-3,6-7,10-11,16-19,24H,4-5,8-9,12-15H2,(H,35,37). The van der Waals surface area contributed by atoms with Crippen molar-refractivity contribution in [1.82, 2.24) is 15.3 Å². The zero-order valence-corrected chi connectivity index (χ0v) is 21.3. The minimum Gasteiger partial charge on any atom is -0.439 e. The van der Waals surface area contributed by atoms with Crippen LogP contribution in [0.1, 0.15) is 47.2 Å². The van der Waals surface area contributed by atoms with Crippen LogP contribution in [0.3, 0.4) is 0 Å². The fraction of sp³-hybridized carbons (Fsp3) is 0.345. The average Bonchev–Trinajstić information content (AvgIpc) is 2.95. The molecule has 1 aliphatic carbocycles. The first-order valence-electron chi connectivity index (χ1n) is 12.9. The van der Waals surface area contributed by atoms with Gasteiger partial charge in [0.1, 0.15) is 11.6 Å². The first-order valence-corrected chi connectivity index (χ1v) is 12.9. The first-order chi connectivity index (χ1) is 18.8. The molecule has 7 nitrogen and oxygen atoms in total. The highest BCUT2D eigenvalue weighted by Crippen LogP contribution is 2.31. The van der Waals surface area contributed by atoms with Crippen LogP contribution in [0.4, 0.5) is 19.0 Å². The summed E-state index contributed by atoms with van der Waals surface area (Å²) in [5, 5.41) is 3.13. The molecule has 1 N–H and O–H groups in total. The van der Waals surface area contributed by atoms with Crippen LogP contribution in [0.2, 0.25) is 0 Å². The molecule has 2 aliphatic rings. The molecule has 1 amide bonds. The van der Waals surface area contributed by atoms with Gasteiger partial charge in [0.05, 0.1) is 24.3 Å². The van der Waals surface area contributed by atoms with Crippen LogP contribution >= 0.6 is 0 Å². The second kappa shape index (κ2) is 11.9. The van der Waals surface area contributed by atoms with Crippen LogP contribution in [0.25, 0.3) is 6.08 Å². The summed E-state index contributed by atoms with van der Waals surface area (Å²) in [6, 6.07) is 13.3. The maximum Gasteiger partial charge on any atom is 0.417 e. The molecular weight excluding hydrogens is 509 g/mol. The van der Waals surface area contributed by atoms with Gasteiger partial charge in [-0.2, -0.15) is 13.2 Å². The lowest BCUT2D eigenvalue weighted by molar-refractivity contribution is -0.137. The smallest absolute Gasteiger partial charge is 0.417 e. The van der Waals surface area contributed by atoms with Crippen LogP contribution in [-0.2, 0) is 10.9 Å². The molecule has 2 aromatic heterocycles. The van der Waals surface area contributed by atoms with Crippen LogP contribution in [-0.4, -0.2) is 48.2 Å². The molecule has 0 radical (unpaired) electrons. The highest BCUT2D eigenvalue weighted by molar-refractivity contribution is 5.94. The Morgan fingerprint density at radius 1 is 1.03 bits per heavy atom. The molecule has 39 heavy (non-hydrogen) atoms. The largest absolute Gasteiger partial charge is 0.439 e. The number of benzene rings is 1. The molecule has 1 aromatic carbocycles. The molecule has 1 saturated carbocycles. The minimum atomic E-state index is -4.44. The molecule has 1 saturated heterocycles. The lowest BCUT2D eigenvalue weighted by atomic mass is 9.89. The molecule has 0 bridgehead atoms. The summed E-state index contributed by atoms with van der Waals surface area (Å²) in [6.07, 6.45) is 3.42. The number of carbonyl (C=O) groups excluding carboxylic acids is 1. The number of morpholine rings is 1. The summed E-state index contributed by atoms with van der Waals surface area (Å²) in [5.41, 5.74) is 1.93. The van der Waals surface area contributed by atoms with E-state index in [1.54, 1.807) is 12.3 Å². The number of alkyl halides is 3. The minimum absolute atomic E-state index is 0.0916. The molecule has 0 spiro atoms. The van der Waals surface area contributed by atoms with Crippen molar-refractivity contribution in [2.45, 2.75) is 37.9 Å². The molecule has 3 heterocycles. The van der Waals surface area contributed by atoms with E-state index in [4.69, 9.17) is 9.47 Å². The van der Waals surface area contributed by atoms with E-state index in [-0.39, 0.29) is 17.8 Å². The van der Waals surface area contributed by atoms with Crippen molar-refractivity contribution in [3.05, 3.63) is 83.2 Å². The number of allylic oxidation sites excluding steroid dienone is 1. The van der Waals surface area contributed by atoms with Crippen LogP contribution in [0.5, 0.6) is 11.6 Å². The molecule has 3 aromatic rings. The van der Waals surface area contributed by atoms with Gasteiger partial charge in [-0.1, -0.05) is 23.8 Å². The lowest BCUT2D eigenvalue weighted by Gasteiger charge is -2.28. The van der Waals surface area contributed by atoms with Gasteiger partial charge in [0.15, 0.2) is 0 Å². The van der Waals surface area contributed by atoms with Crippen LogP contribution in [0, 0.1) is 0 Å². The Hall–Kier alpha value is -3.92. The topological polar surface area (TPSA) is 76.6 Å². The summed E-state index contributed by atoms with van der Waals surface area (Å²) in [6.45, 7) is 2.96. The van der Waals surface area contributed by atoms with Crippen molar-refractivity contribution >= 4 is 17.8 Å². The average molecular weight is 539 g/mol. The van der Waals surface area contributed by atoms with Crippen molar-refractivity contribution in [1.29, 1.82) is 0 Å². The number of ether oxygens (including phenoxy) is 2. The van der Waals surface area contributed by atoms with E-state index in [9.17, 15) is 18.0 Å². The number of nitrogens with zero attached hydrogens (tertiary/aromatic N) is 3. The third-order valence-corrected chi connectivity index (χ3v) is 6.82. The quantitative estimate of drug-likeness (QED) is 0.423. The Balaban J connectivity index is 1.12. The van der Waals surface area contributed by atoms with Gasteiger partial charge in [-0.05, 0) is 61.6 Å². The predicted molar refractivity (Wildman–Crippen MR) is 141 cm³/mol. The number of halogens is 3. The summed E-state index contributed by atoms with van der Waals surface area (Å²) in [5.74, 6) is 1.32. The third-order valence-electron chi connectivity index (χ3n) is 6.82. The van der Waals surface area contributed by atoms with E-state index < -0.39 is 11.7 Å². The van der Waals surface area contributed by atoms with E-state index in [1.807, 2.05) is 30.3 Å². The van der Waals surface area contributed by atoms with Crippen molar-refractivity contribution in [2.24, 2.45) is 0 Å². The van der Waals surface area contributed by atoms with Gasteiger partial charge >= 0.3 is 6.18 Å². The number of hydrogen-bond acceptors (Lipinski definition) is 6. The van der Waals surface area contributed by atoms with Crippen LogP contribution in [0.15, 0.2) is 66.5 Å². The Morgan fingerprint density at radius 2 is 1.82 bits per heavy atom.